The molecule has 0 atom stereocenters. The maximum atomic E-state index is 13.0. The zero-order chi connectivity index (χ0) is 9.30. The van der Waals surface area contributed by atoms with Crippen LogP contribution in [0.25, 0.3) is 5.57 Å². The Morgan fingerprint density at radius 2 is 1.92 bits per heavy atom. The van der Waals surface area contributed by atoms with Gasteiger partial charge in [0.05, 0.1) is 0 Å². The van der Waals surface area contributed by atoms with Crippen molar-refractivity contribution in [3.05, 3.63) is 41.5 Å². The van der Waals surface area contributed by atoms with E-state index in [1.807, 2.05) is 0 Å². The van der Waals surface area contributed by atoms with Gasteiger partial charge in [-0.05, 0) is 37.1 Å². The molecule has 1 rings (SSSR count). The van der Waals surface area contributed by atoms with Gasteiger partial charge in [-0.15, -0.1) is 0 Å². The lowest BCUT2D eigenvalue weighted by molar-refractivity contribution is 0.505. The van der Waals surface area contributed by atoms with Crippen molar-refractivity contribution < 1.29 is 8.78 Å². The predicted molar refractivity (Wildman–Crippen MR) is 45.8 cm³/mol. The summed E-state index contributed by atoms with van der Waals surface area (Å²) in [6, 6.07) is 2.75. The van der Waals surface area contributed by atoms with Gasteiger partial charge >= 0.3 is 0 Å². The van der Waals surface area contributed by atoms with Crippen molar-refractivity contribution in [1.29, 1.82) is 0 Å². The minimum atomic E-state index is -0.812. The van der Waals surface area contributed by atoms with Crippen molar-refractivity contribution >= 4 is 5.57 Å². The first kappa shape index (κ1) is 8.91. The molecule has 0 spiro atoms. The highest BCUT2D eigenvalue weighted by Crippen LogP contribution is 2.20. The van der Waals surface area contributed by atoms with Crippen molar-refractivity contribution in [3.63, 3.8) is 0 Å². The van der Waals surface area contributed by atoms with Crippen LogP contribution in [0.2, 0.25) is 0 Å². The molecular weight excluding hydrogens is 158 g/mol. The van der Waals surface area contributed by atoms with Crippen LogP contribution in [0.1, 0.15) is 18.1 Å². The molecule has 0 aromatic heterocycles. The second-order valence-corrected chi connectivity index (χ2v) is 2.89. The first-order valence-corrected chi connectivity index (χ1v) is 3.64. The molecule has 0 unspecified atom stereocenters. The van der Waals surface area contributed by atoms with E-state index in [1.54, 1.807) is 19.9 Å². The molecule has 64 valence electrons. The number of hydrogen-bond donors (Lipinski definition) is 0. The molecule has 0 N–H and O–H groups in total. The lowest BCUT2D eigenvalue weighted by Crippen LogP contribution is -1.92. The average molecular weight is 168 g/mol. The van der Waals surface area contributed by atoms with Gasteiger partial charge in [0.1, 0.15) is 0 Å². The van der Waals surface area contributed by atoms with Crippen LogP contribution in [-0.2, 0) is 0 Å². The minimum Gasteiger partial charge on any atom is -0.204 e. The van der Waals surface area contributed by atoms with E-state index in [-0.39, 0.29) is 5.56 Å². The summed E-state index contributed by atoms with van der Waals surface area (Å²) in [4.78, 5) is 0. The Kier molecular flexibility index (Phi) is 2.27. The van der Waals surface area contributed by atoms with Crippen molar-refractivity contribution in [2.75, 3.05) is 0 Å². The summed E-state index contributed by atoms with van der Waals surface area (Å²) in [5.41, 5.74) is 1.49. The van der Waals surface area contributed by atoms with E-state index in [9.17, 15) is 8.78 Å². The molecule has 0 fully saturated rings. The van der Waals surface area contributed by atoms with Crippen molar-refractivity contribution in [2.45, 2.75) is 13.8 Å². The van der Waals surface area contributed by atoms with E-state index in [0.29, 0.717) is 11.1 Å². The van der Waals surface area contributed by atoms with Crippen LogP contribution in [0.4, 0.5) is 8.78 Å². The molecule has 1 aromatic rings. The van der Waals surface area contributed by atoms with Gasteiger partial charge in [0.15, 0.2) is 11.6 Å². The Bertz CT molecular complexity index is 327. The second-order valence-electron chi connectivity index (χ2n) is 2.89. The lowest BCUT2D eigenvalue weighted by Gasteiger charge is -2.04. The quantitative estimate of drug-likeness (QED) is 0.603. The fraction of sp³-hybridized carbons (Fsp3) is 0.200. The standard InChI is InChI=1S/C10H10F2/c1-6(2)8-4-7(3)5-9(11)10(8)12/h4-5H,1H2,2-3H3. The van der Waals surface area contributed by atoms with Crippen LogP contribution in [0.15, 0.2) is 18.7 Å². The van der Waals surface area contributed by atoms with Crippen LogP contribution in [0, 0.1) is 18.6 Å². The molecule has 0 heterocycles. The first-order valence-electron chi connectivity index (χ1n) is 3.64. The SMILES string of the molecule is C=C(C)c1cc(C)cc(F)c1F. The Morgan fingerprint density at radius 3 is 2.42 bits per heavy atom. The summed E-state index contributed by atoms with van der Waals surface area (Å²) in [6.07, 6.45) is 0. The summed E-state index contributed by atoms with van der Waals surface area (Å²) < 4.78 is 25.8. The third kappa shape index (κ3) is 1.52. The monoisotopic (exact) mass is 168 g/mol. The van der Waals surface area contributed by atoms with Gasteiger partial charge in [-0.3, -0.25) is 0 Å². The Labute approximate surface area is 70.5 Å². The third-order valence-corrected chi connectivity index (χ3v) is 1.63. The van der Waals surface area contributed by atoms with E-state index in [2.05, 4.69) is 6.58 Å². The number of halogens is 2. The molecule has 0 aliphatic carbocycles. The maximum absolute atomic E-state index is 13.0. The van der Waals surface area contributed by atoms with Crippen molar-refractivity contribution in [3.8, 4) is 0 Å². The van der Waals surface area contributed by atoms with Gasteiger partial charge in [0.25, 0.3) is 0 Å². The smallest absolute Gasteiger partial charge is 0.166 e. The van der Waals surface area contributed by atoms with Crippen LogP contribution in [0.5, 0.6) is 0 Å². The molecule has 0 nitrogen and oxygen atoms in total. The van der Waals surface area contributed by atoms with Crippen LogP contribution >= 0.6 is 0 Å². The number of aryl methyl sites for hydroxylation is 1. The number of rotatable bonds is 1. The fourth-order valence-electron chi connectivity index (χ4n) is 1.04. The maximum Gasteiger partial charge on any atom is 0.166 e. The predicted octanol–water partition coefficient (Wildman–Crippen LogP) is 3.31. The Balaban J connectivity index is 3.37. The summed E-state index contributed by atoms with van der Waals surface area (Å²) in [5.74, 6) is -1.62. The zero-order valence-electron chi connectivity index (χ0n) is 7.12. The molecule has 0 saturated carbocycles. The minimum absolute atomic E-state index is 0.257. The zero-order valence-corrected chi connectivity index (χ0v) is 7.12. The van der Waals surface area contributed by atoms with Crippen LogP contribution in [0.3, 0.4) is 0 Å². The van der Waals surface area contributed by atoms with E-state index in [0.717, 1.165) is 0 Å². The molecule has 0 aliphatic rings. The van der Waals surface area contributed by atoms with E-state index in [4.69, 9.17) is 0 Å². The van der Waals surface area contributed by atoms with Gasteiger partial charge in [0, 0.05) is 5.56 Å². The first-order chi connectivity index (χ1) is 5.52. The number of hydrogen-bond acceptors (Lipinski definition) is 0. The Morgan fingerprint density at radius 1 is 1.33 bits per heavy atom. The normalized spacial score (nSPS) is 10.0. The average Bonchev–Trinajstić information content (AvgIpc) is 1.96. The van der Waals surface area contributed by atoms with Crippen molar-refractivity contribution in [2.24, 2.45) is 0 Å². The van der Waals surface area contributed by atoms with Crippen LogP contribution in [-0.4, -0.2) is 0 Å². The van der Waals surface area contributed by atoms with Crippen molar-refractivity contribution in [1.82, 2.24) is 0 Å². The highest BCUT2D eigenvalue weighted by Gasteiger charge is 2.08. The molecule has 12 heavy (non-hydrogen) atoms. The van der Waals surface area contributed by atoms with E-state index in [1.165, 1.54) is 6.07 Å². The molecule has 1 aromatic carbocycles. The second kappa shape index (κ2) is 3.05. The topological polar surface area (TPSA) is 0 Å². The van der Waals surface area contributed by atoms with E-state index < -0.39 is 11.6 Å². The molecule has 0 radical (unpaired) electrons. The van der Waals surface area contributed by atoms with Gasteiger partial charge in [0.2, 0.25) is 0 Å². The van der Waals surface area contributed by atoms with Gasteiger partial charge < -0.3 is 0 Å². The van der Waals surface area contributed by atoms with Crippen LogP contribution < -0.4 is 0 Å². The number of allylic oxidation sites excluding steroid dienone is 1. The highest BCUT2D eigenvalue weighted by atomic mass is 19.2. The summed E-state index contributed by atoms with van der Waals surface area (Å²) in [5, 5.41) is 0. The number of benzene rings is 1. The molecular formula is C10H10F2. The van der Waals surface area contributed by atoms with E-state index >= 15 is 0 Å². The molecule has 0 amide bonds. The summed E-state index contributed by atoms with van der Waals surface area (Å²) >= 11 is 0. The highest BCUT2D eigenvalue weighted by molar-refractivity contribution is 5.62. The molecule has 0 aliphatic heterocycles. The summed E-state index contributed by atoms with van der Waals surface area (Å²) in [6.45, 7) is 6.93. The molecule has 0 bridgehead atoms. The largest absolute Gasteiger partial charge is 0.204 e. The van der Waals surface area contributed by atoms with Gasteiger partial charge in [-0.25, -0.2) is 8.78 Å². The molecule has 0 saturated heterocycles. The molecule has 2 heteroatoms. The Hall–Kier alpha value is -1.18. The summed E-state index contributed by atoms with van der Waals surface area (Å²) in [7, 11) is 0. The van der Waals surface area contributed by atoms with Gasteiger partial charge in [-0.2, -0.15) is 0 Å². The third-order valence-electron chi connectivity index (χ3n) is 1.63. The van der Waals surface area contributed by atoms with Gasteiger partial charge in [-0.1, -0.05) is 6.58 Å². The fourth-order valence-corrected chi connectivity index (χ4v) is 1.04. The lowest BCUT2D eigenvalue weighted by atomic mass is 10.1.